The maximum absolute atomic E-state index is 12.1. The van der Waals surface area contributed by atoms with Crippen LogP contribution in [-0.2, 0) is 10.5 Å². The molecule has 0 saturated carbocycles. The van der Waals surface area contributed by atoms with Gasteiger partial charge in [-0.1, -0.05) is 24.3 Å². The SMILES string of the molecule is Cc1ccccc1C(C)(N)OC(F)(F)F. The Hall–Kier alpha value is -1.07. The van der Waals surface area contributed by atoms with Gasteiger partial charge in [-0.05, 0) is 19.4 Å². The molecule has 5 heteroatoms. The molecule has 1 unspecified atom stereocenters. The van der Waals surface area contributed by atoms with Crippen LogP contribution in [0, 0.1) is 6.92 Å². The Morgan fingerprint density at radius 3 is 2.20 bits per heavy atom. The molecule has 0 amide bonds. The monoisotopic (exact) mass is 219 g/mol. The average Bonchev–Trinajstić information content (AvgIpc) is 1.99. The lowest BCUT2D eigenvalue weighted by Crippen LogP contribution is -2.41. The van der Waals surface area contributed by atoms with E-state index in [0.29, 0.717) is 11.1 Å². The molecule has 84 valence electrons. The molecule has 0 bridgehead atoms. The van der Waals surface area contributed by atoms with Crippen LogP contribution >= 0.6 is 0 Å². The number of ether oxygens (including phenoxy) is 1. The van der Waals surface area contributed by atoms with Crippen LogP contribution < -0.4 is 5.73 Å². The lowest BCUT2D eigenvalue weighted by atomic mass is 10.0. The van der Waals surface area contributed by atoms with Crippen molar-refractivity contribution < 1.29 is 17.9 Å². The number of hydrogen-bond acceptors (Lipinski definition) is 2. The largest absolute Gasteiger partial charge is 0.524 e. The van der Waals surface area contributed by atoms with E-state index in [4.69, 9.17) is 5.73 Å². The molecular formula is C10H12F3NO. The van der Waals surface area contributed by atoms with Crippen LogP contribution in [0.1, 0.15) is 18.1 Å². The van der Waals surface area contributed by atoms with Crippen molar-refractivity contribution in [3.05, 3.63) is 35.4 Å². The predicted molar refractivity (Wildman–Crippen MR) is 49.9 cm³/mol. The maximum atomic E-state index is 12.1. The predicted octanol–water partition coefficient (Wildman–Crippen LogP) is 2.66. The number of nitrogens with two attached hydrogens (primary N) is 1. The van der Waals surface area contributed by atoms with Gasteiger partial charge in [-0.3, -0.25) is 10.5 Å². The van der Waals surface area contributed by atoms with Gasteiger partial charge in [-0.25, -0.2) is 0 Å². The van der Waals surface area contributed by atoms with Crippen molar-refractivity contribution in [1.29, 1.82) is 0 Å². The quantitative estimate of drug-likeness (QED) is 0.776. The van der Waals surface area contributed by atoms with E-state index in [0.717, 1.165) is 0 Å². The van der Waals surface area contributed by atoms with E-state index in [2.05, 4.69) is 4.74 Å². The Morgan fingerprint density at radius 1 is 1.20 bits per heavy atom. The van der Waals surface area contributed by atoms with Crippen molar-refractivity contribution in [1.82, 2.24) is 0 Å². The summed E-state index contributed by atoms with van der Waals surface area (Å²) < 4.78 is 40.1. The van der Waals surface area contributed by atoms with Gasteiger partial charge in [0.25, 0.3) is 0 Å². The van der Waals surface area contributed by atoms with Crippen molar-refractivity contribution in [2.75, 3.05) is 0 Å². The topological polar surface area (TPSA) is 35.2 Å². The second-order valence-electron chi connectivity index (χ2n) is 3.47. The third kappa shape index (κ3) is 3.21. The number of hydrogen-bond donors (Lipinski definition) is 1. The lowest BCUT2D eigenvalue weighted by Gasteiger charge is -2.27. The molecule has 0 radical (unpaired) electrons. The van der Waals surface area contributed by atoms with E-state index in [1.807, 2.05) is 0 Å². The fraction of sp³-hybridized carbons (Fsp3) is 0.400. The number of alkyl halides is 3. The molecular weight excluding hydrogens is 207 g/mol. The maximum Gasteiger partial charge on any atom is 0.524 e. The van der Waals surface area contributed by atoms with E-state index in [1.165, 1.54) is 13.0 Å². The zero-order chi connectivity index (χ0) is 11.7. The second-order valence-corrected chi connectivity index (χ2v) is 3.47. The molecule has 2 nitrogen and oxygen atoms in total. The normalized spacial score (nSPS) is 16.1. The van der Waals surface area contributed by atoms with Gasteiger partial charge in [0.1, 0.15) is 5.72 Å². The molecule has 0 fully saturated rings. The minimum atomic E-state index is -4.74. The van der Waals surface area contributed by atoms with Gasteiger partial charge in [-0.15, -0.1) is 13.2 Å². The lowest BCUT2D eigenvalue weighted by molar-refractivity contribution is -0.367. The number of rotatable bonds is 2. The van der Waals surface area contributed by atoms with Crippen molar-refractivity contribution in [3.8, 4) is 0 Å². The van der Waals surface area contributed by atoms with Crippen molar-refractivity contribution in [2.24, 2.45) is 5.73 Å². The van der Waals surface area contributed by atoms with Crippen molar-refractivity contribution in [2.45, 2.75) is 25.9 Å². The van der Waals surface area contributed by atoms with Crippen LogP contribution in [0.2, 0.25) is 0 Å². The summed E-state index contributed by atoms with van der Waals surface area (Å²) in [6.07, 6.45) is -4.74. The van der Waals surface area contributed by atoms with E-state index in [9.17, 15) is 13.2 Å². The average molecular weight is 219 g/mol. The first kappa shape index (κ1) is 12.0. The fourth-order valence-corrected chi connectivity index (χ4v) is 1.43. The molecule has 0 aliphatic carbocycles. The summed E-state index contributed by atoms with van der Waals surface area (Å²) in [6, 6.07) is 6.54. The zero-order valence-corrected chi connectivity index (χ0v) is 8.43. The Balaban J connectivity index is 3.01. The summed E-state index contributed by atoms with van der Waals surface area (Å²) in [6.45, 7) is 2.86. The highest BCUT2D eigenvalue weighted by Gasteiger charge is 2.39. The van der Waals surface area contributed by atoms with Crippen LogP contribution in [0.25, 0.3) is 0 Å². The third-order valence-electron chi connectivity index (χ3n) is 2.01. The molecule has 2 N–H and O–H groups in total. The molecule has 0 saturated heterocycles. The first-order valence-electron chi connectivity index (χ1n) is 4.34. The highest BCUT2D eigenvalue weighted by atomic mass is 19.4. The molecule has 15 heavy (non-hydrogen) atoms. The summed E-state index contributed by atoms with van der Waals surface area (Å²) in [7, 11) is 0. The smallest absolute Gasteiger partial charge is 0.300 e. The third-order valence-corrected chi connectivity index (χ3v) is 2.01. The molecule has 0 aliphatic heterocycles. The standard InChI is InChI=1S/C10H12F3NO/c1-7-5-3-4-6-8(7)9(2,14)15-10(11,12)13/h3-6H,14H2,1-2H3. The van der Waals surface area contributed by atoms with Crippen LogP contribution in [0.5, 0.6) is 0 Å². The Labute approximate surface area is 85.8 Å². The van der Waals surface area contributed by atoms with Gasteiger partial charge in [0.2, 0.25) is 0 Å². The van der Waals surface area contributed by atoms with Gasteiger partial charge in [0.15, 0.2) is 0 Å². The summed E-state index contributed by atoms with van der Waals surface area (Å²) in [5.74, 6) is 0. The summed E-state index contributed by atoms with van der Waals surface area (Å²) in [5.41, 5.74) is 4.61. The number of aryl methyl sites for hydroxylation is 1. The molecule has 1 rings (SSSR count). The summed E-state index contributed by atoms with van der Waals surface area (Å²) in [5, 5.41) is 0. The molecule has 0 aliphatic rings. The molecule has 1 aromatic carbocycles. The minimum Gasteiger partial charge on any atom is -0.300 e. The zero-order valence-electron chi connectivity index (χ0n) is 8.43. The fourth-order valence-electron chi connectivity index (χ4n) is 1.43. The Morgan fingerprint density at radius 2 is 1.73 bits per heavy atom. The number of halogens is 3. The second kappa shape index (κ2) is 3.83. The first-order valence-corrected chi connectivity index (χ1v) is 4.34. The van der Waals surface area contributed by atoms with E-state index in [-0.39, 0.29) is 0 Å². The van der Waals surface area contributed by atoms with E-state index >= 15 is 0 Å². The Kier molecular flexibility index (Phi) is 3.06. The summed E-state index contributed by atoms with van der Waals surface area (Å²) in [4.78, 5) is 0. The van der Waals surface area contributed by atoms with E-state index < -0.39 is 12.1 Å². The van der Waals surface area contributed by atoms with Crippen molar-refractivity contribution in [3.63, 3.8) is 0 Å². The minimum absolute atomic E-state index is 0.322. The van der Waals surface area contributed by atoms with Crippen LogP contribution in [0.15, 0.2) is 24.3 Å². The summed E-state index contributed by atoms with van der Waals surface area (Å²) >= 11 is 0. The number of benzene rings is 1. The Bertz CT molecular complexity index is 347. The van der Waals surface area contributed by atoms with Gasteiger partial charge in [0, 0.05) is 5.56 Å². The van der Waals surface area contributed by atoms with Crippen molar-refractivity contribution >= 4 is 0 Å². The molecule has 0 heterocycles. The van der Waals surface area contributed by atoms with Gasteiger partial charge in [-0.2, -0.15) is 0 Å². The van der Waals surface area contributed by atoms with Crippen LogP contribution in [-0.4, -0.2) is 6.36 Å². The van der Waals surface area contributed by atoms with Gasteiger partial charge >= 0.3 is 6.36 Å². The molecule has 1 aromatic rings. The molecule has 1 atom stereocenters. The van der Waals surface area contributed by atoms with Gasteiger partial charge in [0.05, 0.1) is 0 Å². The first-order chi connectivity index (χ1) is 6.72. The van der Waals surface area contributed by atoms with E-state index in [1.54, 1.807) is 25.1 Å². The highest BCUT2D eigenvalue weighted by Crippen LogP contribution is 2.30. The highest BCUT2D eigenvalue weighted by molar-refractivity contribution is 5.30. The van der Waals surface area contributed by atoms with Crippen LogP contribution in [0.3, 0.4) is 0 Å². The van der Waals surface area contributed by atoms with Crippen LogP contribution in [0.4, 0.5) is 13.2 Å². The molecule has 0 aromatic heterocycles. The van der Waals surface area contributed by atoms with Gasteiger partial charge < -0.3 is 0 Å². The molecule has 0 spiro atoms.